The maximum absolute atomic E-state index is 9.19. The van der Waals surface area contributed by atoms with Crippen LogP contribution in [0.2, 0.25) is 0 Å². The maximum Gasteiger partial charge on any atom is 0.261 e. The van der Waals surface area contributed by atoms with E-state index < -0.39 is 10.1 Å². The zero-order valence-electron chi connectivity index (χ0n) is 14.9. The first kappa shape index (κ1) is 21.9. The Bertz CT molecular complexity index is 336. The van der Waals surface area contributed by atoms with Crippen LogP contribution in [0, 0.1) is 0 Å². The van der Waals surface area contributed by atoms with Gasteiger partial charge in [-0.15, -0.1) is 0 Å². The van der Waals surface area contributed by atoms with Gasteiger partial charge in [0.25, 0.3) is 10.1 Å². The van der Waals surface area contributed by atoms with Crippen LogP contribution in [-0.4, -0.2) is 43.3 Å². The lowest BCUT2D eigenvalue weighted by Crippen LogP contribution is -2.27. The summed E-state index contributed by atoms with van der Waals surface area (Å²) < 4.78 is 25.9. The van der Waals surface area contributed by atoms with E-state index in [2.05, 4.69) is 18.7 Å². The minimum Gasteiger partial charge on any atom is -0.301 e. The fourth-order valence-corrected chi connectivity index (χ4v) is 2.95. The second-order valence-corrected chi connectivity index (χ2v) is 8.05. The number of hydrogen-bond donors (Lipinski definition) is 1. The second kappa shape index (κ2) is 13.3. The fraction of sp³-hybridized carbons (Fsp3) is 1.00. The van der Waals surface area contributed by atoms with Crippen molar-refractivity contribution < 1.29 is 13.0 Å². The second-order valence-electron chi connectivity index (χ2n) is 6.59. The zero-order valence-corrected chi connectivity index (χ0v) is 15.7. The molecule has 0 aromatic rings. The summed E-state index contributed by atoms with van der Waals surface area (Å²) in [5.74, 6) is 0. The van der Waals surface area contributed by atoms with Gasteiger partial charge < -0.3 is 4.90 Å². The van der Waals surface area contributed by atoms with Gasteiger partial charge in [-0.25, -0.2) is 0 Å². The molecule has 0 saturated carbocycles. The Hall–Kier alpha value is -0.130. The number of likely N-dealkylation sites (tertiary alicyclic amines) is 1. The highest BCUT2D eigenvalue weighted by Crippen LogP contribution is 2.17. The van der Waals surface area contributed by atoms with Crippen molar-refractivity contribution in [2.75, 3.05) is 19.3 Å². The minimum atomic E-state index is -3.67. The fourth-order valence-electron chi connectivity index (χ4n) is 2.95. The molecule has 134 valence electrons. The molecule has 0 aliphatic carbocycles. The summed E-state index contributed by atoms with van der Waals surface area (Å²) >= 11 is 0. The molecule has 0 radical (unpaired) electrons. The van der Waals surface area contributed by atoms with Gasteiger partial charge in [0.1, 0.15) is 0 Å². The van der Waals surface area contributed by atoms with Crippen molar-refractivity contribution in [3.63, 3.8) is 0 Å². The van der Waals surface area contributed by atoms with E-state index in [4.69, 9.17) is 4.55 Å². The summed E-state index contributed by atoms with van der Waals surface area (Å²) in [5.41, 5.74) is 0. The van der Waals surface area contributed by atoms with Crippen molar-refractivity contribution in [3.8, 4) is 0 Å². The molecule has 1 N–H and O–H groups in total. The molecule has 1 heterocycles. The molecule has 0 bridgehead atoms. The van der Waals surface area contributed by atoms with Crippen molar-refractivity contribution in [2.24, 2.45) is 0 Å². The van der Waals surface area contributed by atoms with E-state index in [0.717, 1.165) is 6.04 Å². The van der Waals surface area contributed by atoms with Gasteiger partial charge in [0.15, 0.2) is 0 Å². The Kier molecular flexibility index (Phi) is 13.2. The third-order valence-corrected chi connectivity index (χ3v) is 4.24. The van der Waals surface area contributed by atoms with Crippen LogP contribution >= 0.6 is 0 Å². The topological polar surface area (TPSA) is 57.6 Å². The first-order chi connectivity index (χ1) is 10.3. The first-order valence-corrected chi connectivity index (χ1v) is 10.9. The summed E-state index contributed by atoms with van der Waals surface area (Å²) in [5, 5.41) is 0. The van der Waals surface area contributed by atoms with Crippen LogP contribution in [0.15, 0.2) is 0 Å². The molecule has 1 saturated heterocycles. The molecular formula is C17H37NO3S. The summed E-state index contributed by atoms with van der Waals surface area (Å²) in [6.07, 6.45) is 16.6. The molecule has 0 spiro atoms. The molecule has 1 unspecified atom stereocenters. The molecule has 1 aliphatic rings. The lowest BCUT2D eigenvalue weighted by molar-refractivity contribution is 0.262. The summed E-state index contributed by atoms with van der Waals surface area (Å²) in [7, 11) is -3.67. The van der Waals surface area contributed by atoms with Gasteiger partial charge in [-0.3, -0.25) is 4.55 Å². The molecular weight excluding hydrogens is 298 g/mol. The highest BCUT2D eigenvalue weighted by Gasteiger charge is 2.18. The lowest BCUT2D eigenvalue weighted by Gasteiger charge is -2.20. The third kappa shape index (κ3) is 16.2. The highest BCUT2D eigenvalue weighted by atomic mass is 32.2. The molecule has 1 fully saturated rings. The molecule has 0 amide bonds. The van der Waals surface area contributed by atoms with Crippen LogP contribution in [-0.2, 0) is 10.1 Å². The Labute approximate surface area is 138 Å². The average Bonchev–Trinajstić information content (AvgIpc) is 2.81. The van der Waals surface area contributed by atoms with Crippen molar-refractivity contribution >= 4 is 10.1 Å². The quantitative estimate of drug-likeness (QED) is 0.471. The normalized spacial score (nSPS) is 19.0. The maximum atomic E-state index is 9.19. The van der Waals surface area contributed by atoms with Gasteiger partial charge in [0.2, 0.25) is 0 Å². The monoisotopic (exact) mass is 335 g/mol. The Morgan fingerprint density at radius 2 is 1.45 bits per heavy atom. The van der Waals surface area contributed by atoms with E-state index in [-0.39, 0.29) is 0 Å². The van der Waals surface area contributed by atoms with E-state index in [1.807, 2.05) is 0 Å². The number of rotatable bonds is 10. The van der Waals surface area contributed by atoms with Gasteiger partial charge in [0, 0.05) is 6.04 Å². The third-order valence-electron chi connectivity index (χ3n) is 4.24. The van der Waals surface area contributed by atoms with E-state index in [9.17, 15) is 8.42 Å². The summed E-state index contributed by atoms with van der Waals surface area (Å²) in [6, 6.07) is 0.865. The van der Waals surface area contributed by atoms with Crippen LogP contribution in [0.1, 0.15) is 84.5 Å². The number of hydrogen-bond acceptors (Lipinski definition) is 3. The van der Waals surface area contributed by atoms with Gasteiger partial charge in [-0.05, 0) is 39.3 Å². The molecule has 4 nitrogen and oxygen atoms in total. The van der Waals surface area contributed by atoms with Gasteiger partial charge >= 0.3 is 0 Å². The van der Waals surface area contributed by atoms with Crippen LogP contribution in [0.3, 0.4) is 0 Å². The zero-order chi connectivity index (χ0) is 16.8. The molecule has 0 aromatic heterocycles. The lowest BCUT2D eigenvalue weighted by atomic mass is 10.1. The average molecular weight is 336 g/mol. The predicted octanol–water partition coefficient (Wildman–Crippen LogP) is 4.51. The van der Waals surface area contributed by atoms with Crippen molar-refractivity contribution in [2.45, 2.75) is 90.5 Å². The highest BCUT2D eigenvalue weighted by molar-refractivity contribution is 7.85. The standard InChI is InChI=1S/C16H33N.CH4O3S/c1-3-4-5-6-7-8-9-10-11-14-17-15-12-13-16(17)2;1-5(2,3)4/h16H,3-15H2,1-2H3;1H3,(H,2,3,4). The molecule has 0 aromatic carbocycles. The molecule has 5 heteroatoms. The van der Waals surface area contributed by atoms with E-state index in [0.29, 0.717) is 6.26 Å². The molecule has 22 heavy (non-hydrogen) atoms. The van der Waals surface area contributed by atoms with Crippen LogP contribution in [0.25, 0.3) is 0 Å². The summed E-state index contributed by atoms with van der Waals surface area (Å²) in [4.78, 5) is 2.68. The smallest absolute Gasteiger partial charge is 0.261 e. The number of unbranched alkanes of at least 4 members (excludes halogenated alkanes) is 8. The van der Waals surface area contributed by atoms with E-state index >= 15 is 0 Å². The van der Waals surface area contributed by atoms with Gasteiger partial charge in [-0.1, -0.05) is 58.3 Å². The van der Waals surface area contributed by atoms with Crippen molar-refractivity contribution in [3.05, 3.63) is 0 Å². The largest absolute Gasteiger partial charge is 0.301 e. The van der Waals surface area contributed by atoms with Crippen LogP contribution in [0.4, 0.5) is 0 Å². The number of nitrogens with zero attached hydrogens (tertiary/aromatic N) is 1. The van der Waals surface area contributed by atoms with Crippen molar-refractivity contribution in [1.29, 1.82) is 0 Å². The molecule has 1 atom stereocenters. The van der Waals surface area contributed by atoms with E-state index in [1.54, 1.807) is 0 Å². The summed E-state index contributed by atoms with van der Waals surface area (Å²) in [6.45, 7) is 7.40. The molecule has 1 aliphatic heterocycles. The van der Waals surface area contributed by atoms with Gasteiger partial charge in [-0.2, -0.15) is 8.42 Å². The van der Waals surface area contributed by atoms with Gasteiger partial charge in [0.05, 0.1) is 6.26 Å². The van der Waals surface area contributed by atoms with Crippen molar-refractivity contribution in [1.82, 2.24) is 4.90 Å². The SMILES string of the molecule is CCCCCCCCCCCN1CCCC1C.CS(=O)(=O)O. The van der Waals surface area contributed by atoms with E-state index in [1.165, 1.54) is 83.7 Å². The molecule has 1 rings (SSSR count). The predicted molar refractivity (Wildman–Crippen MR) is 95.0 cm³/mol. The Morgan fingerprint density at radius 3 is 1.86 bits per heavy atom. The first-order valence-electron chi connectivity index (χ1n) is 9.01. The van der Waals surface area contributed by atoms with Crippen LogP contribution in [0.5, 0.6) is 0 Å². The Balaban J connectivity index is 0.000000763. The minimum absolute atomic E-state index is 0.715. The van der Waals surface area contributed by atoms with Crippen LogP contribution < -0.4 is 0 Å². The Morgan fingerprint density at radius 1 is 1.00 bits per heavy atom.